The molecule has 3 aromatic heterocycles. The monoisotopic (exact) mass is 405 g/mol. The summed E-state index contributed by atoms with van der Waals surface area (Å²) in [6.45, 7) is 5.51. The van der Waals surface area contributed by atoms with E-state index in [9.17, 15) is 4.79 Å². The van der Waals surface area contributed by atoms with E-state index in [1.54, 1.807) is 30.2 Å². The Morgan fingerprint density at radius 1 is 1.13 bits per heavy atom. The number of piperidine rings is 1. The molecule has 1 saturated heterocycles. The van der Waals surface area contributed by atoms with Crippen LogP contribution in [0.25, 0.3) is 11.3 Å². The highest BCUT2D eigenvalue weighted by Gasteiger charge is 2.28. The van der Waals surface area contributed by atoms with Gasteiger partial charge in [-0.05, 0) is 44.9 Å². The van der Waals surface area contributed by atoms with Crippen LogP contribution in [0.3, 0.4) is 0 Å². The lowest BCUT2D eigenvalue weighted by molar-refractivity contribution is 0.0701. The molecular formula is C22H27N7O. The quantitative estimate of drug-likeness (QED) is 0.702. The van der Waals surface area contributed by atoms with E-state index in [1.165, 1.54) is 0 Å². The second-order valence-electron chi connectivity index (χ2n) is 7.91. The van der Waals surface area contributed by atoms with Gasteiger partial charge in [0.15, 0.2) is 0 Å². The first-order valence-corrected chi connectivity index (χ1v) is 10.3. The standard InChI is InChI=1S/C22H27N7O/c1-15(2)26-22-24-14-17(18-6-4-5-10-23-18)20(27-22)16-8-12-29(13-9-16)21(30)19-7-11-25-28(19)3/h4-7,10-11,14-16H,8-9,12-13H2,1-3H3,(H,24,26,27). The van der Waals surface area contributed by atoms with Gasteiger partial charge in [0.1, 0.15) is 5.69 Å². The summed E-state index contributed by atoms with van der Waals surface area (Å²) in [5.41, 5.74) is 3.45. The van der Waals surface area contributed by atoms with Gasteiger partial charge in [0.05, 0.1) is 11.4 Å². The van der Waals surface area contributed by atoms with Crippen LogP contribution in [0, 0.1) is 0 Å². The SMILES string of the molecule is CC(C)Nc1ncc(-c2ccccn2)c(C2CCN(C(=O)c3ccnn3C)CC2)n1. The average Bonchev–Trinajstić information content (AvgIpc) is 3.19. The van der Waals surface area contributed by atoms with Crippen molar-refractivity contribution in [1.29, 1.82) is 0 Å². The van der Waals surface area contributed by atoms with E-state index >= 15 is 0 Å². The van der Waals surface area contributed by atoms with Gasteiger partial charge >= 0.3 is 0 Å². The molecule has 1 fully saturated rings. The van der Waals surface area contributed by atoms with Gasteiger partial charge in [-0.2, -0.15) is 5.10 Å². The third-order valence-corrected chi connectivity index (χ3v) is 5.39. The zero-order valence-electron chi connectivity index (χ0n) is 17.6. The highest BCUT2D eigenvalue weighted by Crippen LogP contribution is 2.34. The summed E-state index contributed by atoms with van der Waals surface area (Å²) < 4.78 is 1.63. The fourth-order valence-corrected chi connectivity index (χ4v) is 3.86. The van der Waals surface area contributed by atoms with Crippen LogP contribution in [0.2, 0.25) is 0 Å². The van der Waals surface area contributed by atoms with Crippen molar-refractivity contribution in [3.05, 3.63) is 54.2 Å². The number of aromatic nitrogens is 5. The van der Waals surface area contributed by atoms with Crippen LogP contribution in [-0.4, -0.2) is 54.7 Å². The normalized spacial score (nSPS) is 14.9. The average molecular weight is 406 g/mol. The Labute approximate surface area is 176 Å². The molecule has 1 aliphatic rings. The molecule has 4 rings (SSSR count). The number of amides is 1. The van der Waals surface area contributed by atoms with Crippen LogP contribution < -0.4 is 5.32 Å². The fraction of sp³-hybridized carbons (Fsp3) is 0.409. The maximum absolute atomic E-state index is 12.8. The second kappa shape index (κ2) is 8.61. The molecule has 0 bridgehead atoms. The summed E-state index contributed by atoms with van der Waals surface area (Å²) in [7, 11) is 1.79. The maximum atomic E-state index is 12.8. The Morgan fingerprint density at radius 2 is 1.93 bits per heavy atom. The van der Waals surface area contributed by atoms with Crippen LogP contribution >= 0.6 is 0 Å². The Bertz CT molecular complexity index is 1010. The number of rotatable bonds is 5. The van der Waals surface area contributed by atoms with Gasteiger partial charge in [0, 0.05) is 56.3 Å². The van der Waals surface area contributed by atoms with Gasteiger partial charge in [0.25, 0.3) is 5.91 Å². The van der Waals surface area contributed by atoms with Crippen LogP contribution in [0.5, 0.6) is 0 Å². The first-order valence-electron chi connectivity index (χ1n) is 10.3. The highest BCUT2D eigenvalue weighted by atomic mass is 16.2. The smallest absolute Gasteiger partial charge is 0.272 e. The number of nitrogens with zero attached hydrogens (tertiary/aromatic N) is 6. The molecule has 1 aliphatic heterocycles. The molecule has 1 amide bonds. The first-order chi connectivity index (χ1) is 14.5. The molecule has 0 radical (unpaired) electrons. The molecule has 0 saturated carbocycles. The Morgan fingerprint density at radius 3 is 2.57 bits per heavy atom. The molecule has 156 valence electrons. The summed E-state index contributed by atoms with van der Waals surface area (Å²) in [4.78, 5) is 28.6. The molecule has 0 unspecified atom stereocenters. The van der Waals surface area contributed by atoms with Crippen molar-refractivity contribution in [2.45, 2.75) is 38.6 Å². The zero-order valence-corrected chi connectivity index (χ0v) is 17.6. The van der Waals surface area contributed by atoms with Crippen molar-refractivity contribution in [2.24, 2.45) is 7.05 Å². The van der Waals surface area contributed by atoms with Crippen molar-refractivity contribution in [2.75, 3.05) is 18.4 Å². The van der Waals surface area contributed by atoms with E-state index in [-0.39, 0.29) is 17.9 Å². The van der Waals surface area contributed by atoms with Gasteiger partial charge in [-0.3, -0.25) is 14.5 Å². The minimum absolute atomic E-state index is 0.0308. The van der Waals surface area contributed by atoms with Crippen LogP contribution in [0.15, 0.2) is 42.9 Å². The largest absolute Gasteiger partial charge is 0.352 e. The predicted octanol–water partition coefficient (Wildman–Crippen LogP) is 3.11. The van der Waals surface area contributed by atoms with Gasteiger partial charge in [0.2, 0.25) is 5.95 Å². The topological polar surface area (TPSA) is 88.8 Å². The summed E-state index contributed by atoms with van der Waals surface area (Å²) in [6.07, 6.45) is 7.00. The molecule has 4 heterocycles. The van der Waals surface area contributed by atoms with E-state index in [2.05, 4.69) is 34.2 Å². The predicted molar refractivity (Wildman–Crippen MR) is 115 cm³/mol. The fourth-order valence-electron chi connectivity index (χ4n) is 3.86. The van der Waals surface area contributed by atoms with E-state index in [4.69, 9.17) is 4.98 Å². The lowest BCUT2D eigenvalue weighted by Gasteiger charge is -2.32. The van der Waals surface area contributed by atoms with Gasteiger partial charge in [-0.15, -0.1) is 0 Å². The van der Waals surface area contributed by atoms with Crippen molar-refractivity contribution >= 4 is 11.9 Å². The molecule has 0 atom stereocenters. The minimum atomic E-state index is 0.0308. The Hall–Kier alpha value is -3.29. The third-order valence-electron chi connectivity index (χ3n) is 5.39. The maximum Gasteiger partial charge on any atom is 0.272 e. The Balaban J connectivity index is 1.57. The molecule has 0 aliphatic carbocycles. The second-order valence-corrected chi connectivity index (χ2v) is 7.91. The minimum Gasteiger partial charge on any atom is -0.352 e. The summed E-state index contributed by atoms with van der Waals surface area (Å²) in [5.74, 6) is 0.907. The Kier molecular flexibility index (Phi) is 5.74. The molecule has 30 heavy (non-hydrogen) atoms. The zero-order chi connectivity index (χ0) is 21.1. The van der Waals surface area contributed by atoms with Crippen LogP contribution in [0.4, 0.5) is 5.95 Å². The number of nitrogens with one attached hydrogen (secondary N) is 1. The molecule has 3 aromatic rings. The first kappa shape index (κ1) is 20.0. The number of pyridine rings is 1. The van der Waals surface area contributed by atoms with Crippen LogP contribution in [0.1, 0.15) is 48.8 Å². The molecule has 1 N–H and O–H groups in total. The number of carbonyl (C=O) groups is 1. The van der Waals surface area contributed by atoms with Crippen molar-refractivity contribution in [1.82, 2.24) is 29.6 Å². The summed E-state index contributed by atoms with van der Waals surface area (Å²) in [6, 6.07) is 7.88. The number of anilines is 1. The number of hydrogen-bond donors (Lipinski definition) is 1. The van der Waals surface area contributed by atoms with Gasteiger partial charge in [-0.25, -0.2) is 9.97 Å². The molecule has 0 spiro atoms. The van der Waals surface area contributed by atoms with E-state index < -0.39 is 0 Å². The number of aryl methyl sites for hydroxylation is 1. The van der Waals surface area contributed by atoms with Crippen molar-refractivity contribution < 1.29 is 4.79 Å². The van der Waals surface area contributed by atoms with Crippen LogP contribution in [-0.2, 0) is 7.05 Å². The molecule has 0 aromatic carbocycles. The third kappa shape index (κ3) is 4.17. The number of hydrogen-bond acceptors (Lipinski definition) is 6. The molecule has 8 nitrogen and oxygen atoms in total. The van der Waals surface area contributed by atoms with Crippen molar-refractivity contribution in [3.63, 3.8) is 0 Å². The van der Waals surface area contributed by atoms with E-state index in [0.717, 1.165) is 29.8 Å². The molecular weight excluding hydrogens is 378 g/mol. The van der Waals surface area contributed by atoms with E-state index in [1.807, 2.05) is 29.3 Å². The highest BCUT2D eigenvalue weighted by molar-refractivity contribution is 5.92. The van der Waals surface area contributed by atoms with Gasteiger partial charge < -0.3 is 10.2 Å². The number of carbonyl (C=O) groups excluding carboxylic acids is 1. The van der Waals surface area contributed by atoms with Crippen molar-refractivity contribution in [3.8, 4) is 11.3 Å². The van der Waals surface area contributed by atoms with Gasteiger partial charge in [-0.1, -0.05) is 6.07 Å². The number of likely N-dealkylation sites (tertiary alicyclic amines) is 1. The summed E-state index contributed by atoms with van der Waals surface area (Å²) in [5, 5.41) is 7.41. The summed E-state index contributed by atoms with van der Waals surface area (Å²) >= 11 is 0. The lowest BCUT2D eigenvalue weighted by Crippen LogP contribution is -2.39. The molecule has 8 heteroatoms. The van der Waals surface area contributed by atoms with E-state index in [0.29, 0.717) is 24.7 Å². The lowest BCUT2D eigenvalue weighted by atomic mass is 9.90.